The molecule has 1 heterocycles. The molecule has 0 bridgehead atoms. The average molecular weight is 280 g/mol. The van der Waals surface area contributed by atoms with Gasteiger partial charge in [0.25, 0.3) is 5.91 Å². The number of nitrogens with one attached hydrogen (secondary N) is 2. The van der Waals surface area contributed by atoms with E-state index in [4.69, 9.17) is 4.74 Å². The second kappa shape index (κ2) is 7.36. The first-order valence-electron chi connectivity index (χ1n) is 6.99. The van der Waals surface area contributed by atoms with Gasteiger partial charge in [0.1, 0.15) is 5.82 Å². The van der Waals surface area contributed by atoms with E-state index in [9.17, 15) is 9.18 Å². The summed E-state index contributed by atoms with van der Waals surface area (Å²) < 4.78 is 18.6. The molecule has 0 atom stereocenters. The Morgan fingerprint density at radius 2 is 2.15 bits per heavy atom. The number of piperidine rings is 1. The molecule has 1 amide bonds. The van der Waals surface area contributed by atoms with Crippen molar-refractivity contribution in [3.63, 3.8) is 0 Å². The highest BCUT2D eigenvalue weighted by Gasteiger charge is 2.18. The fourth-order valence-corrected chi connectivity index (χ4v) is 2.50. The summed E-state index contributed by atoms with van der Waals surface area (Å²) in [5.41, 5.74) is 1.30. The van der Waals surface area contributed by atoms with Gasteiger partial charge in [-0.3, -0.25) is 4.79 Å². The zero-order valence-electron chi connectivity index (χ0n) is 11.7. The van der Waals surface area contributed by atoms with Crippen molar-refractivity contribution in [2.45, 2.75) is 18.8 Å². The fraction of sp³-hybridized carbons (Fsp3) is 0.533. The first-order chi connectivity index (χ1) is 9.70. The Balaban J connectivity index is 2.09. The van der Waals surface area contributed by atoms with E-state index in [-0.39, 0.29) is 11.7 Å². The molecular weight excluding hydrogens is 259 g/mol. The monoisotopic (exact) mass is 280 g/mol. The molecule has 1 fully saturated rings. The van der Waals surface area contributed by atoms with Crippen LogP contribution in [0.5, 0.6) is 0 Å². The molecule has 0 unspecified atom stereocenters. The molecule has 1 aromatic carbocycles. The number of hydrogen-bond acceptors (Lipinski definition) is 3. The maximum Gasteiger partial charge on any atom is 0.251 e. The number of halogens is 1. The highest BCUT2D eigenvalue weighted by Crippen LogP contribution is 2.26. The van der Waals surface area contributed by atoms with Crippen molar-refractivity contribution in [3.8, 4) is 0 Å². The molecule has 0 aliphatic carbocycles. The van der Waals surface area contributed by atoms with E-state index in [1.807, 2.05) is 0 Å². The normalized spacial score (nSPS) is 16.1. The molecule has 1 aliphatic rings. The summed E-state index contributed by atoms with van der Waals surface area (Å²) in [6.45, 7) is 2.75. The van der Waals surface area contributed by atoms with Crippen LogP contribution in [0.1, 0.15) is 34.7 Å². The first-order valence-corrected chi connectivity index (χ1v) is 6.99. The Morgan fingerprint density at radius 1 is 1.40 bits per heavy atom. The zero-order valence-corrected chi connectivity index (χ0v) is 11.7. The lowest BCUT2D eigenvalue weighted by molar-refractivity contribution is 0.0936. The smallest absolute Gasteiger partial charge is 0.251 e. The summed E-state index contributed by atoms with van der Waals surface area (Å²) in [6, 6.07) is 4.63. The van der Waals surface area contributed by atoms with Gasteiger partial charge in [0.05, 0.1) is 6.61 Å². The van der Waals surface area contributed by atoms with Gasteiger partial charge in [-0.15, -0.1) is 0 Å². The predicted molar refractivity (Wildman–Crippen MR) is 75.5 cm³/mol. The van der Waals surface area contributed by atoms with Crippen LogP contribution in [0, 0.1) is 5.82 Å². The van der Waals surface area contributed by atoms with Crippen molar-refractivity contribution in [3.05, 3.63) is 35.1 Å². The number of benzene rings is 1. The van der Waals surface area contributed by atoms with E-state index < -0.39 is 0 Å². The van der Waals surface area contributed by atoms with E-state index >= 15 is 0 Å². The molecule has 2 rings (SSSR count). The van der Waals surface area contributed by atoms with Crippen molar-refractivity contribution in [2.24, 2.45) is 0 Å². The minimum atomic E-state index is -0.349. The van der Waals surface area contributed by atoms with Crippen LogP contribution in [0.15, 0.2) is 18.2 Å². The van der Waals surface area contributed by atoms with Crippen LogP contribution in [0.4, 0.5) is 4.39 Å². The first kappa shape index (κ1) is 14.9. The molecule has 1 aromatic rings. The Morgan fingerprint density at radius 3 is 2.85 bits per heavy atom. The second-order valence-electron chi connectivity index (χ2n) is 5.05. The predicted octanol–water partition coefficient (Wildman–Crippen LogP) is 1.67. The van der Waals surface area contributed by atoms with Crippen LogP contribution in [0.3, 0.4) is 0 Å². The van der Waals surface area contributed by atoms with E-state index in [1.165, 1.54) is 6.07 Å². The minimum absolute atomic E-state index is 0.253. The van der Waals surface area contributed by atoms with Gasteiger partial charge in [-0.05, 0) is 55.6 Å². The number of amides is 1. The van der Waals surface area contributed by atoms with Crippen LogP contribution < -0.4 is 10.6 Å². The number of carbonyl (C=O) groups is 1. The quantitative estimate of drug-likeness (QED) is 0.807. The third kappa shape index (κ3) is 4.02. The van der Waals surface area contributed by atoms with Gasteiger partial charge >= 0.3 is 0 Å². The van der Waals surface area contributed by atoms with Gasteiger partial charge in [-0.1, -0.05) is 0 Å². The lowest BCUT2D eigenvalue weighted by Gasteiger charge is -2.23. The summed E-state index contributed by atoms with van der Waals surface area (Å²) in [4.78, 5) is 12.0. The summed E-state index contributed by atoms with van der Waals surface area (Å²) >= 11 is 0. The number of methoxy groups -OCH3 is 1. The highest BCUT2D eigenvalue weighted by atomic mass is 19.1. The molecule has 1 saturated heterocycles. The third-order valence-corrected chi connectivity index (χ3v) is 3.58. The van der Waals surface area contributed by atoms with E-state index in [0.717, 1.165) is 31.5 Å². The fourth-order valence-electron chi connectivity index (χ4n) is 2.50. The van der Waals surface area contributed by atoms with Crippen LogP contribution >= 0.6 is 0 Å². The lowest BCUT2D eigenvalue weighted by Crippen LogP contribution is -2.28. The molecule has 0 aromatic heterocycles. The van der Waals surface area contributed by atoms with E-state index in [1.54, 1.807) is 19.2 Å². The Hall–Kier alpha value is -1.46. The molecule has 0 spiro atoms. The Labute approximate surface area is 118 Å². The molecule has 0 saturated carbocycles. The highest BCUT2D eigenvalue weighted by molar-refractivity contribution is 5.94. The SMILES string of the molecule is COCCNC(=O)c1cc(F)cc(C2CCNCC2)c1. The number of ether oxygens (including phenoxy) is 1. The van der Waals surface area contributed by atoms with Gasteiger partial charge < -0.3 is 15.4 Å². The largest absolute Gasteiger partial charge is 0.383 e. The molecule has 4 nitrogen and oxygen atoms in total. The van der Waals surface area contributed by atoms with E-state index in [0.29, 0.717) is 24.6 Å². The van der Waals surface area contributed by atoms with Crippen molar-refractivity contribution >= 4 is 5.91 Å². The molecule has 0 radical (unpaired) electrons. The molecular formula is C15H21FN2O2. The number of hydrogen-bond donors (Lipinski definition) is 2. The van der Waals surface area contributed by atoms with Gasteiger partial charge in [0, 0.05) is 19.2 Å². The standard InChI is InChI=1S/C15H21FN2O2/c1-20-7-6-18-15(19)13-8-12(9-14(16)10-13)11-2-4-17-5-3-11/h8-11,17H,2-7H2,1H3,(H,18,19). The maximum atomic E-state index is 13.7. The molecule has 110 valence electrons. The molecule has 5 heteroatoms. The number of rotatable bonds is 5. The summed E-state index contributed by atoms with van der Waals surface area (Å²) in [7, 11) is 1.57. The van der Waals surface area contributed by atoms with Crippen molar-refractivity contribution in [1.82, 2.24) is 10.6 Å². The zero-order chi connectivity index (χ0) is 14.4. The summed E-state index contributed by atoms with van der Waals surface area (Å²) in [6.07, 6.45) is 1.96. The molecule has 20 heavy (non-hydrogen) atoms. The van der Waals surface area contributed by atoms with Crippen molar-refractivity contribution in [1.29, 1.82) is 0 Å². The summed E-state index contributed by atoms with van der Waals surface area (Å²) in [5, 5.41) is 6.00. The maximum absolute atomic E-state index is 13.7. The topological polar surface area (TPSA) is 50.4 Å². The lowest BCUT2D eigenvalue weighted by atomic mass is 9.89. The average Bonchev–Trinajstić information content (AvgIpc) is 2.47. The molecule has 2 N–H and O–H groups in total. The van der Waals surface area contributed by atoms with Crippen LogP contribution in [0.25, 0.3) is 0 Å². The van der Waals surface area contributed by atoms with Gasteiger partial charge in [0.2, 0.25) is 0 Å². The van der Waals surface area contributed by atoms with Crippen molar-refractivity contribution < 1.29 is 13.9 Å². The van der Waals surface area contributed by atoms with Gasteiger partial charge in [0.15, 0.2) is 0 Å². The van der Waals surface area contributed by atoms with Crippen LogP contribution in [-0.2, 0) is 4.74 Å². The minimum Gasteiger partial charge on any atom is -0.383 e. The van der Waals surface area contributed by atoms with E-state index in [2.05, 4.69) is 10.6 Å². The Kier molecular flexibility index (Phi) is 5.49. The Bertz CT molecular complexity index is 459. The van der Waals surface area contributed by atoms with Crippen LogP contribution in [-0.4, -0.2) is 39.3 Å². The van der Waals surface area contributed by atoms with Gasteiger partial charge in [-0.25, -0.2) is 4.39 Å². The third-order valence-electron chi connectivity index (χ3n) is 3.58. The molecule has 1 aliphatic heterocycles. The van der Waals surface area contributed by atoms with Crippen molar-refractivity contribution in [2.75, 3.05) is 33.4 Å². The summed E-state index contributed by atoms with van der Waals surface area (Å²) in [5.74, 6) is -0.271. The second-order valence-corrected chi connectivity index (χ2v) is 5.05. The van der Waals surface area contributed by atoms with Gasteiger partial charge in [-0.2, -0.15) is 0 Å². The van der Waals surface area contributed by atoms with Crippen LogP contribution in [0.2, 0.25) is 0 Å². The number of carbonyl (C=O) groups excluding carboxylic acids is 1.